The van der Waals surface area contributed by atoms with Gasteiger partial charge in [0.05, 0.1) is 19.3 Å². The van der Waals surface area contributed by atoms with Gasteiger partial charge in [-0.05, 0) is 6.92 Å². The molecular formula is C11H20Cl3NO7. The highest BCUT2D eigenvalue weighted by Gasteiger charge is 2.29. The van der Waals surface area contributed by atoms with E-state index in [0.29, 0.717) is 0 Å². The molecule has 0 heterocycles. The molecule has 132 valence electrons. The number of carbonyl (C=O) groups is 1. The molecule has 0 spiro atoms. The first-order valence-electron chi connectivity index (χ1n) is 6.22. The van der Waals surface area contributed by atoms with E-state index in [1.807, 2.05) is 0 Å². The fourth-order valence-electron chi connectivity index (χ4n) is 1.34. The Balaban J connectivity index is 4.59. The summed E-state index contributed by atoms with van der Waals surface area (Å²) in [5, 5.41) is 30.1. The fraction of sp³-hybridized carbons (Fsp3) is 0.909. The fourth-order valence-corrected chi connectivity index (χ4v) is 1.50. The Hall–Kier alpha value is -0.0600. The van der Waals surface area contributed by atoms with Gasteiger partial charge in [-0.1, -0.05) is 34.8 Å². The first kappa shape index (κ1) is 21.9. The van der Waals surface area contributed by atoms with Gasteiger partial charge >= 0.3 is 6.09 Å². The van der Waals surface area contributed by atoms with Crippen LogP contribution in [0.1, 0.15) is 6.92 Å². The van der Waals surface area contributed by atoms with Crippen LogP contribution in [0.4, 0.5) is 4.79 Å². The third kappa shape index (κ3) is 9.16. The van der Waals surface area contributed by atoms with Gasteiger partial charge in [0.25, 0.3) is 0 Å². The summed E-state index contributed by atoms with van der Waals surface area (Å²) in [6.07, 6.45) is -4.05. The average Bonchev–Trinajstić information content (AvgIpc) is 2.43. The van der Waals surface area contributed by atoms with Crippen LogP contribution in [-0.2, 0) is 14.2 Å². The van der Waals surface area contributed by atoms with Crippen molar-refractivity contribution in [2.75, 3.05) is 26.9 Å². The lowest BCUT2D eigenvalue weighted by Crippen LogP contribution is -2.50. The predicted octanol–water partition coefficient (Wildman–Crippen LogP) is 0.175. The minimum atomic E-state index is -1.77. The second-order valence-electron chi connectivity index (χ2n) is 4.33. The van der Waals surface area contributed by atoms with E-state index in [-0.39, 0.29) is 0 Å². The second kappa shape index (κ2) is 10.7. The van der Waals surface area contributed by atoms with E-state index < -0.39 is 54.2 Å². The predicted molar refractivity (Wildman–Crippen MR) is 80.1 cm³/mol. The van der Waals surface area contributed by atoms with Crippen LogP contribution < -0.4 is 5.32 Å². The van der Waals surface area contributed by atoms with E-state index in [0.717, 1.165) is 0 Å². The highest BCUT2D eigenvalue weighted by atomic mass is 35.6. The Morgan fingerprint density at radius 2 is 1.86 bits per heavy atom. The summed E-state index contributed by atoms with van der Waals surface area (Å²) in [5.41, 5.74) is 0. The number of alkyl carbamates (subject to hydrolysis) is 1. The molecule has 0 saturated heterocycles. The molecule has 8 nitrogen and oxygen atoms in total. The van der Waals surface area contributed by atoms with Gasteiger partial charge in [-0.15, -0.1) is 0 Å². The molecule has 0 aromatic heterocycles. The van der Waals surface area contributed by atoms with Gasteiger partial charge in [0.15, 0.2) is 6.29 Å². The largest absolute Gasteiger partial charge is 0.445 e. The molecule has 0 aromatic carbocycles. The quantitative estimate of drug-likeness (QED) is 0.331. The smallest absolute Gasteiger partial charge is 0.407 e. The molecule has 0 radical (unpaired) electrons. The van der Waals surface area contributed by atoms with Crippen molar-refractivity contribution in [3.63, 3.8) is 0 Å². The third-order valence-electron chi connectivity index (χ3n) is 2.45. The summed E-state index contributed by atoms with van der Waals surface area (Å²) < 4.78 is 13.1. The first-order valence-corrected chi connectivity index (χ1v) is 7.36. The Kier molecular flexibility index (Phi) is 10.6. The number of ether oxygens (including phenoxy) is 3. The molecule has 0 aliphatic carbocycles. The molecule has 0 aromatic rings. The first-order chi connectivity index (χ1) is 10.1. The molecule has 0 bridgehead atoms. The number of amides is 1. The van der Waals surface area contributed by atoms with Crippen molar-refractivity contribution in [1.29, 1.82) is 0 Å². The van der Waals surface area contributed by atoms with Crippen molar-refractivity contribution in [3.8, 4) is 0 Å². The van der Waals surface area contributed by atoms with Gasteiger partial charge in [-0.2, -0.15) is 0 Å². The molecule has 4 atom stereocenters. The topological polar surface area (TPSA) is 117 Å². The number of carbonyl (C=O) groups excluding carboxylic acids is 1. The Labute approximate surface area is 143 Å². The molecule has 0 fully saturated rings. The Morgan fingerprint density at radius 3 is 2.23 bits per heavy atom. The molecular weight excluding hydrogens is 364 g/mol. The summed E-state index contributed by atoms with van der Waals surface area (Å²) in [6.45, 7) is -0.121. The van der Waals surface area contributed by atoms with Crippen LogP contribution in [0, 0.1) is 0 Å². The summed E-state index contributed by atoms with van der Waals surface area (Å²) in [5.74, 6) is 0. The van der Waals surface area contributed by atoms with Gasteiger partial charge in [-0.3, -0.25) is 0 Å². The molecule has 0 aliphatic rings. The number of halogens is 3. The van der Waals surface area contributed by atoms with E-state index in [4.69, 9.17) is 49.4 Å². The number of aliphatic hydroxyl groups excluding tert-OH is 3. The van der Waals surface area contributed by atoms with E-state index >= 15 is 0 Å². The maximum absolute atomic E-state index is 11.5. The molecule has 0 rings (SSSR count). The van der Waals surface area contributed by atoms with E-state index in [2.05, 4.69) is 10.1 Å². The summed E-state index contributed by atoms with van der Waals surface area (Å²) in [7, 11) is 1.26. The van der Waals surface area contributed by atoms with Gasteiger partial charge in [0, 0.05) is 7.11 Å². The highest BCUT2D eigenvalue weighted by Crippen LogP contribution is 2.25. The molecule has 4 N–H and O–H groups in total. The van der Waals surface area contributed by atoms with Crippen LogP contribution >= 0.6 is 34.8 Å². The Bertz CT molecular complexity index is 327. The van der Waals surface area contributed by atoms with Crippen LogP contribution in [0.2, 0.25) is 0 Å². The van der Waals surface area contributed by atoms with E-state index in [1.165, 1.54) is 14.0 Å². The summed E-state index contributed by atoms with van der Waals surface area (Å²) in [6, 6.07) is -1.03. The van der Waals surface area contributed by atoms with Gasteiger partial charge < -0.3 is 34.8 Å². The number of rotatable bonds is 9. The van der Waals surface area contributed by atoms with Crippen molar-refractivity contribution < 1.29 is 34.3 Å². The minimum Gasteiger partial charge on any atom is -0.445 e. The number of nitrogens with one attached hydrogen (secondary N) is 1. The number of aliphatic hydroxyl groups is 3. The standard InChI is InChI=1S/C11H20Cl3NO7/c1-6(18)8(4-17)22-9(20-2)7(3-16)15-10(19)21-5-11(12,13)14/h6-9,16-18H,3-5H2,1-2H3,(H,15,19)/t6-,7-,8?,9?/m0/s1. The lowest BCUT2D eigenvalue weighted by Gasteiger charge is -2.29. The van der Waals surface area contributed by atoms with Crippen LogP contribution in [0.25, 0.3) is 0 Å². The van der Waals surface area contributed by atoms with E-state index in [9.17, 15) is 15.0 Å². The highest BCUT2D eigenvalue weighted by molar-refractivity contribution is 6.67. The second-order valence-corrected chi connectivity index (χ2v) is 6.84. The minimum absolute atomic E-state index is 0.479. The van der Waals surface area contributed by atoms with Crippen LogP contribution in [0.5, 0.6) is 0 Å². The van der Waals surface area contributed by atoms with Crippen molar-refractivity contribution in [3.05, 3.63) is 0 Å². The molecule has 22 heavy (non-hydrogen) atoms. The van der Waals surface area contributed by atoms with Crippen molar-refractivity contribution >= 4 is 40.9 Å². The zero-order chi connectivity index (χ0) is 17.3. The zero-order valence-electron chi connectivity index (χ0n) is 12.0. The SMILES string of the molecule is COC(OC(CO)[C@H](C)O)[C@H](CO)NC(=O)OCC(Cl)(Cl)Cl. The zero-order valence-corrected chi connectivity index (χ0v) is 14.3. The Morgan fingerprint density at radius 1 is 1.27 bits per heavy atom. The lowest BCUT2D eigenvalue weighted by molar-refractivity contribution is -0.202. The van der Waals surface area contributed by atoms with Gasteiger partial charge in [-0.25, -0.2) is 4.79 Å². The number of alkyl halides is 3. The average molecular weight is 385 g/mol. The molecule has 0 aliphatic heterocycles. The normalized spacial score (nSPS) is 17.5. The van der Waals surface area contributed by atoms with E-state index in [1.54, 1.807) is 0 Å². The van der Waals surface area contributed by atoms with Crippen LogP contribution in [0.15, 0.2) is 0 Å². The van der Waals surface area contributed by atoms with Crippen molar-refractivity contribution in [1.82, 2.24) is 5.32 Å². The maximum Gasteiger partial charge on any atom is 0.407 e. The van der Waals surface area contributed by atoms with Gasteiger partial charge in [0.1, 0.15) is 18.8 Å². The molecule has 0 saturated carbocycles. The van der Waals surface area contributed by atoms with Crippen LogP contribution in [0.3, 0.4) is 0 Å². The van der Waals surface area contributed by atoms with Gasteiger partial charge in [0.2, 0.25) is 3.79 Å². The summed E-state index contributed by atoms with van der Waals surface area (Å²) >= 11 is 16.3. The molecule has 1 amide bonds. The van der Waals surface area contributed by atoms with Crippen molar-refractivity contribution in [2.45, 2.75) is 35.3 Å². The van der Waals surface area contributed by atoms with Crippen molar-refractivity contribution in [2.24, 2.45) is 0 Å². The molecule has 2 unspecified atom stereocenters. The summed E-state index contributed by atoms with van der Waals surface area (Å²) in [4.78, 5) is 11.5. The lowest BCUT2D eigenvalue weighted by atomic mass is 10.2. The van der Waals surface area contributed by atoms with Crippen LogP contribution in [-0.4, -0.2) is 76.7 Å². The number of methoxy groups -OCH3 is 1. The monoisotopic (exact) mass is 383 g/mol. The molecule has 11 heteroatoms. The maximum atomic E-state index is 11.5. The number of hydrogen-bond donors (Lipinski definition) is 4. The number of hydrogen-bond acceptors (Lipinski definition) is 7. The third-order valence-corrected chi connectivity index (χ3v) is 2.78.